The lowest BCUT2D eigenvalue weighted by Crippen LogP contribution is -2.53. The molecule has 24 heavy (non-hydrogen) atoms. The monoisotopic (exact) mass is 341 g/mol. The van der Waals surface area contributed by atoms with Gasteiger partial charge in [0.1, 0.15) is 0 Å². The van der Waals surface area contributed by atoms with Crippen molar-refractivity contribution in [3.05, 3.63) is 22.1 Å². The zero-order chi connectivity index (χ0) is 20.6. The van der Waals surface area contributed by atoms with E-state index in [4.69, 9.17) is 19.1 Å². The molecule has 1 rings (SSSR count). The van der Waals surface area contributed by atoms with E-state index >= 15 is 0 Å². The highest BCUT2D eigenvalue weighted by molar-refractivity contribution is 5.89. The highest BCUT2D eigenvalue weighted by atomic mass is 16.5. The number of hydrogen-bond acceptors (Lipinski definition) is 5. The Balaban J connectivity index is 3.26. The first-order chi connectivity index (χ1) is 12.7. The molecule has 8 nitrogen and oxygen atoms in total. The molecule has 0 spiro atoms. The van der Waals surface area contributed by atoms with Crippen molar-refractivity contribution >= 4 is 11.9 Å². The SMILES string of the molecule is [2H]C([2H])([2H])C(=O)N[C@H]1[C@@H](OC(CC)CC)C=C(C(=O)OCC)C[C@H]1N=[N+]=[N-]. The van der Waals surface area contributed by atoms with E-state index in [-0.39, 0.29) is 24.7 Å². The van der Waals surface area contributed by atoms with Crippen molar-refractivity contribution in [1.82, 2.24) is 5.32 Å². The van der Waals surface area contributed by atoms with Crippen LogP contribution in [-0.4, -0.2) is 42.8 Å². The van der Waals surface area contributed by atoms with Gasteiger partial charge in [0.05, 0.1) is 30.9 Å². The Morgan fingerprint density at radius 1 is 1.50 bits per heavy atom. The lowest BCUT2D eigenvalue weighted by Gasteiger charge is -2.36. The molecule has 0 unspecified atom stereocenters. The first-order valence-electron chi connectivity index (χ1n) is 9.56. The van der Waals surface area contributed by atoms with Crippen molar-refractivity contribution in [2.75, 3.05) is 6.61 Å². The van der Waals surface area contributed by atoms with Crippen LogP contribution in [0.4, 0.5) is 0 Å². The van der Waals surface area contributed by atoms with Gasteiger partial charge in [-0.25, -0.2) is 4.79 Å². The number of esters is 1. The number of nitrogens with one attached hydrogen (secondary N) is 1. The summed E-state index contributed by atoms with van der Waals surface area (Å²) in [4.78, 5) is 26.9. The van der Waals surface area contributed by atoms with Crippen LogP contribution >= 0.6 is 0 Å². The Morgan fingerprint density at radius 2 is 2.21 bits per heavy atom. The number of amides is 1. The van der Waals surface area contributed by atoms with Crippen LogP contribution in [0.2, 0.25) is 0 Å². The second-order valence-electron chi connectivity index (χ2n) is 5.43. The van der Waals surface area contributed by atoms with Crippen molar-refractivity contribution in [2.24, 2.45) is 5.11 Å². The van der Waals surface area contributed by atoms with Crippen LogP contribution in [0.5, 0.6) is 0 Å². The first kappa shape index (κ1) is 15.5. The number of carbonyl (C=O) groups excluding carboxylic acids is 2. The molecule has 0 bridgehead atoms. The van der Waals surface area contributed by atoms with Crippen LogP contribution in [0.25, 0.3) is 10.4 Å². The molecule has 8 heteroatoms. The largest absolute Gasteiger partial charge is 0.463 e. The summed E-state index contributed by atoms with van der Waals surface area (Å²) in [7, 11) is 0. The third kappa shape index (κ3) is 5.54. The molecule has 0 aliphatic heterocycles. The topological polar surface area (TPSA) is 113 Å². The quantitative estimate of drug-likeness (QED) is 0.316. The number of nitrogens with zero attached hydrogens (tertiary/aromatic N) is 3. The first-order valence-corrected chi connectivity index (χ1v) is 8.06. The normalized spacial score (nSPS) is 25.6. The molecule has 1 aliphatic rings. The fraction of sp³-hybridized carbons (Fsp3) is 0.750. The standard InChI is InChI=1S/C16H26N4O4/c1-5-12(6-2)24-14-9-11(16(22)23-7-3)8-13(19-20-17)15(14)18-10(4)21/h9,12-15H,5-8H2,1-4H3,(H,18,21)/t13-,14+,15-/m1/s1/i4D3. The van der Waals surface area contributed by atoms with Crippen molar-refractivity contribution in [3.8, 4) is 0 Å². The average molecular weight is 341 g/mol. The Kier molecular flexibility index (Phi) is 6.42. The van der Waals surface area contributed by atoms with Gasteiger partial charge in [-0.2, -0.15) is 0 Å². The van der Waals surface area contributed by atoms with E-state index in [9.17, 15) is 9.59 Å². The van der Waals surface area contributed by atoms with Gasteiger partial charge >= 0.3 is 5.97 Å². The van der Waals surface area contributed by atoms with Gasteiger partial charge < -0.3 is 14.8 Å². The Morgan fingerprint density at radius 3 is 2.75 bits per heavy atom. The average Bonchev–Trinajstić information content (AvgIpc) is 2.61. The fourth-order valence-electron chi connectivity index (χ4n) is 2.65. The number of azide groups is 1. The van der Waals surface area contributed by atoms with Gasteiger partial charge in [-0.3, -0.25) is 4.79 Å². The van der Waals surface area contributed by atoms with E-state index < -0.39 is 36.9 Å². The van der Waals surface area contributed by atoms with Gasteiger partial charge in [-0.15, -0.1) is 0 Å². The van der Waals surface area contributed by atoms with Crippen molar-refractivity contribution in [3.63, 3.8) is 0 Å². The Labute approximate surface area is 146 Å². The highest BCUT2D eigenvalue weighted by Gasteiger charge is 2.37. The van der Waals surface area contributed by atoms with E-state index in [1.165, 1.54) is 6.08 Å². The summed E-state index contributed by atoms with van der Waals surface area (Å²) in [6, 6.07) is -1.79. The maximum atomic E-state index is 12.1. The van der Waals surface area contributed by atoms with E-state index in [0.29, 0.717) is 12.8 Å². The molecule has 0 fully saturated rings. The molecule has 0 aromatic heterocycles. The van der Waals surface area contributed by atoms with Gasteiger partial charge in [-0.1, -0.05) is 19.0 Å². The predicted molar refractivity (Wildman–Crippen MR) is 89.1 cm³/mol. The predicted octanol–water partition coefficient (Wildman–Crippen LogP) is 2.64. The minimum atomic E-state index is -2.86. The zero-order valence-corrected chi connectivity index (χ0v) is 14.2. The van der Waals surface area contributed by atoms with Crippen molar-refractivity contribution in [1.29, 1.82) is 0 Å². The maximum Gasteiger partial charge on any atom is 0.333 e. The maximum absolute atomic E-state index is 12.1. The van der Waals surface area contributed by atoms with Crippen molar-refractivity contribution in [2.45, 2.75) is 71.2 Å². The second kappa shape index (κ2) is 9.95. The number of carbonyl (C=O) groups is 2. The third-order valence-electron chi connectivity index (χ3n) is 3.86. The molecule has 0 saturated carbocycles. The smallest absolute Gasteiger partial charge is 0.333 e. The van der Waals surface area contributed by atoms with E-state index in [0.717, 1.165) is 0 Å². The lowest BCUT2D eigenvalue weighted by molar-refractivity contribution is -0.139. The van der Waals surface area contributed by atoms with Crippen LogP contribution in [0, 0.1) is 0 Å². The molecule has 134 valence electrons. The molecule has 0 heterocycles. The van der Waals surface area contributed by atoms with E-state index in [2.05, 4.69) is 15.3 Å². The van der Waals surface area contributed by atoms with Gasteiger partial charge in [0.2, 0.25) is 5.91 Å². The Bertz CT molecular complexity index is 613. The van der Waals surface area contributed by atoms with E-state index in [1.54, 1.807) is 6.92 Å². The van der Waals surface area contributed by atoms with Crippen molar-refractivity contribution < 1.29 is 23.2 Å². The fourth-order valence-corrected chi connectivity index (χ4v) is 2.65. The van der Waals surface area contributed by atoms with Gasteiger partial charge in [0.25, 0.3) is 0 Å². The third-order valence-corrected chi connectivity index (χ3v) is 3.86. The summed E-state index contributed by atoms with van der Waals surface area (Å²) in [6.07, 6.45) is 1.89. The summed E-state index contributed by atoms with van der Waals surface area (Å²) in [6.45, 7) is 2.84. The number of ether oxygens (including phenoxy) is 2. The second-order valence-corrected chi connectivity index (χ2v) is 5.43. The molecule has 1 amide bonds. The molecule has 1 aliphatic carbocycles. The van der Waals surface area contributed by atoms with Gasteiger partial charge in [0, 0.05) is 21.4 Å². The van der Waals surface area contributed by atoms with E-state index in [1.807, 2.05) is 13.8 Å². The van der Waals surface area contributed by atoms with Crippen LogP contribution in [-0.2, 0) is 19.1 Å². The van der Waals surface area contributed by atoms with Crippen LogP contribution in [0.15, 0.2) is 16.8 Å². The molecule has 0 aromatic carbocycles. The molecular weight excluding hydrogens is 312 g/mol. The molecule has 0 aromatic rings. The van der Waals surface area contributed by atoms with Gasteiger partial charge in [0.15, 0.2) is 0 Å². The number of rotatable bonds is 8. The molecule has 0 radical (unpaired) electrons. The molecule has 0 saturated heterocycles. The summed E-state index contributed by atoms with van der Waals surface area (Å²) in [5.41, 5.74) is 9.15. The zero-order valence-electron chi connectivity index (χ0n) is 17.2. The summed E-state index contributed by atoms with van der Waals surface area (Å²) >= 11 is 0. The van der Waals surface area contributed by atoms with Crippen LogP contribution in [0.1, 0.15) is 51.0 Å². The highest BCUT2D eigenvalue weighted by Crippen LogP contribution is 2.27. The minimum absolute atomic E-state index is 0.0115. The lowest BCUT2D eigenvalue weighted by atomic mass is 9.88. The molecular formula is C16H26N4O4. The number of hydrogen-bond donors (Lipinski definition) is 1. The Hall–Kier alpha value is -2.05. The van der Waals surface area contributed by atoms with Gasteiger partial charge in [-0.05, 0) is 37.8 Å². The molecule has 3 atom stereocenters. The summed E-state index contributed by atoms with van der Waals surface area (Å²) < 4.78 is 32.8. The summed E-state index contributed by atoms with van der Waals surface area (Å²) in [5, 5.41) is 6.06. The van der Waals surface area contributed by atoms with Crippen LogP contribution in [0.3, 0.4) is 0 Å². The minimum Gasteiger partial charge on any atom is -0.463 e. The summed E-state index contributed by atoms with van der Waals surface area (Å²) in [5.74, 6) is -1.73. The molecule has 1 N–H and O–H groups in total. The van der Waals surface area contributed by atoms with Crippen LogP contribution < -0.4 is 5.32 Å².